The van der Waals surface area contributed by atoms with Crippen molar-refractivity contribution in [3.05, 3.63) is 63.2 Å². The minimum Gasteiger partial charge on any atom is -0.331 e. The SMILES string of the molecule is Cc1ccc(-c2csc(NC(=O)C3=CC=CN4CCS(=O)(=O)N=C34)n2)cc1[N+](=O)[O-]. The zero-order valence-corrected chi connectivity index (χ0v) is 17.2. The number of aryl methyl sites for hydroxylation is 1. The van der Waals surface area contributed by atoms with E-state index < -0.39 is 20.9 Å². The maximum atomic E-state index is 12.7. The van der Waals surface area contributed by atoms with Crippen LogP contribution in [0.2, 0.25) is 0 Å². The Balaban J connectivity index is 1.57. The van der Waals surface area contributed by atoms with E-state index >= 15 is 0 Å². The van der Waals surface area contributed by atoms with E-state index in [4.69, 9.17) is 0 Å². The minimum absolute atomic E-state index is 0.0122. The number of hydrogen-bond acceptors (Lipinski definition) is 8. The molecule has 3 heterocycles. The molecular weight excluding hydrogens is 430 g/mol. The summed E-state index contributed by atoms with van der Waals surface area (Å²) in [5.41, 5.74) is 1.68. The van der Waals surface area contributed by atoms with E-state index in [2.05, 4.69) is 14.7 Å². The number of amidine groups is 1. The third kappa shape index (κ3) is 3.86. The van der Waals surface area contributed by atoms with Crippen LogP contribution in [0.1, 0.15) is 5.56 Å². The summed E-state index contributed by atoms with van der Waals surface area (Å²) in [5.74, 6) is -0.586. The summed E-state index contributed by atoms with van der Waals surface area (Å²) in [6.45, 7) is 1.87. The summed E-state index contributed by atoms with van der Waals surface area (Å²) in [5, 5.41) is 15.7. The van der Waals surface area contributed by atoms with E-state index in [1.54, 1.807) is 41.6 Å². The zero-order chi connectivity index (χ0) is 21.5. The van der Waals surface area contributed by atoms with Gasteiger partial charge in [-0.15, -0.1) is 15.7 Å². The van der Waals surface area contributed by atoms with Crippen molar-refractivity contribution in [2.24, 2.45) is 4.40 Å². The van der Waals surface area contributed by atoms with Gasteiger partial charge >= 0.3 is 0 Å². The molecule has 1 aromatic heterocycles. The predicted molar refractivity (Wildman–Crippen MR) is 113 cm³/mol. The van der Waals surface area contributed by atoms with E-state index in [1.807, 2.05) is 0 Å². The monoisotopic (exact) mass is 445 g/mol. The number of hydrogen-bond donors (Lipinski definition) is 1. The van der Waals surface area contributed by atoms with Crippen molar-refractivity contribution in [3.63, 3.8) is 0 Å². The topological polar surface area (TPSA) is 135 Å². The van der Waals surface area contributed by atoms with Crippen LogP contribution in [0.4, 0.5) is 10.8 Å². The Morgan fingerprint density at radius 1 is 1.37 bits per heavy atom. The Morgan fingerprint density at radius 2 is 2.17 bits per heavy atom. The Bertz CT molecular complexity index is 1260. The predicted octanol–water partition coefficient (Wildman–Crippen LogP) is 2.46. The number of nitro benzene ring substituents is 1. The van der Waals surface area contributed by atoms with Gasteiger partial charge in [0.05, 0.1) is 21.9 Å². The number of carbonyl (C=O) groups excluding carboxylic acids is 1. The number of amides is 1. The fraction of sp³-hybridized carbons (Fsp3) is 0.167. The van der Waals surface area contributed by atoms with Gasteiger partial charge in [0.1, 0.15) is 0 Å². The third-order valence-electron chi connectivity index (χ3n) is 4.53. The van der Waals surface area contributed by atoms with Crippen molar-refractivity contribution in [3.8, 4) is 11.3 Å². The molecule has 1 amide bonds. The number of thiazole rings is 1. The molecule has 30 heavy (non-hydrogen) atoms. The van der Waals surface area contributed by atoms with Gasteiger partial charge in [-0.1, -0.05) is 12.1 Å². The van der Waals surface area contributed by atoms with Crippen LogP contribution >= 0.6 is 11.3 Å². The Morgan fingerprint density at radius 3 is 2.93 bits per heavy atom. The van der Waals surface area contributed by atoms with Gasteiger partial charge < -0.3 is 4.90 Å². The van der Waals surface area contributed by atoms with E-state index in [1.165, 1.54) is 12.1 Å². The van der Waals surface area contributed by atoms with Crippen molar-refractivity contribution >= 4 is 43.9 Å². The minimum atomic E-state index is -3.62. The van der Waals surface area contributed by atoms with Gasteiger partial charge in [0.25, 0.3) is 21.6 Å². The average molecular weight is 445 g/mol. The highest BCUT2D eigenvalue weighted by molar-refractivity contribution is 7.90. The second kappa shape index (κ2) is 7.46. The van der Waals surface area contributed by atoms with Crippen LogP contribution in [0, 0.1) is 17.0 Å². The van der Waals surface area contributed by atoms with Crippen molar-refractivity contribution < 1.29 is 18.1 Å². The molecule has 0 bridgehead atoms. The normalized spacial score (nSPS) is 17.0. The fourth-order valence-corrected chi connectivity index (χ4v) is 4.69. The van der Waals surface area contributed by atoms with E-state index in [-0.39, 0.29) is 34.5 Å². The molecule has 10 nitrogen and oxygen atoms in total. The quantitative estimate of drug-likeness (QED) is 0.564. The van der Waals surface area contributed by atoms with Crippen molar-refractivity contribution in [2.75, 3.05) is 17.6 Å². The number of carbonyl (C=O) groups is 1. The molecule has 0 unspecified atom stereocenters. The summed E-state index contributed by atoms with van der Waals surface area (Å²) in [6.07, 6.45) is 4.80. The number of nitro groups is 1. The van der Waals surface area contributed by atoms with Gasteiger partial charge in [0.2, 0.25) is 0 Å². The number of benzene rings is 1. The van der Waals surface area contributed by atoms with Crippen LogP contribution in [-0.2, 0) is 14.8 Å². The summed E-state index contributed by atoms with van der Waals surface area (Å²) in [4.78, 5) is 29.4. The second-order valence-corrected chi connectivity index (χ2v) is 9.18. The van der Waals surface area contributed by atoms with Crippen LogP contribution in [0.25, 0.3) is 11.3 Å². The summed E-state index contributed by atoms with van der Waals surface area (Å²) >= 11 is 1.15. The van der Waals surface area contributed by atoms with Crippen LogP contribution in [0.5, 0.6) is 0 Å². The number of aromatic nitrogens is 1. The number of sulfonamides is 1. The molecule has 0 spiro atoms. The van der Waals surface area contributed by atoms with Crippen LogP contribution in [-0.4, -0.2) is 47.3 Å². The molecule has 0 fully saturated rings. The van der Waals surface area contributed by atoms with Gasteiger partial charge in [0.15, 0.2) is 11.0 Å². The molecule has 0 atom stereocenters. The Hall–Kier alpha value is -3.38. The van der Waals surface area contributed by atoms with Gasteiger partial charge in [-0.25, -0.2) is 13.4 Å². The number of nitrogens with zero attached hydrogens (tertiary/aromatic N) is 4. The molecule has 2 aromatic rings. The number of rotatable bonds is 4. The van der Waals surface area contributed by atoms with Gasteiger partial charge in [-0.3, -0.25) is 20.2 Å². The molecule has 2 aliphatic heterocycles. The van der Waals surface area contributed by atoms with Gasteiger partial charge in [-0.2, -0.15) is 0 Å². The highest BCUT2D eigenvalue weighted by Crippen LogP contribution is 2.30. The smallest absolute Gasteiger partial charge is 0.272 e. The first-order valence-electron chi connectivity index (χ1n) is 8.74. The molecule has 0 radical (unpaired) electrons. The summed E-state index contributed by atoms with van der Waals surface area (Å²) in [7, 11) is -3.62. The van der Waals surface area contributed by atoms with Crippen LogP contribution in [0.15, 0.2) is 51.9 Å². The number of anilines is 1. The third-order valence-corrected chi connectivity index (χ3v) is 6.44. The number of fused-ring (bicyclic) bond motifs is 1. The molecule has 2 aliphatic rings. The largest absolute Gasteiger partial charge is 0.331 e. The lowest BCUT2D eigenvalue weighted by Crippen LogP contribution is -2.40. The van der Waals surface area contributed by atoms with Crippen molar-refractivity contribution in [2.45, 2.75) is 6.92 Å². The molecule has 12 heteroatoms. The number of nitrogens with one attached hydrogen (secondary N) is 1. The summed E-state index contributed by atoms with van der Waals surface area (Å²) < 4.78 is 27.4. The fourth-order valence-electron chi connectivity index (χ4n) is 2.99. The lowest BCUT2D eigenvalue weighted by Gasteiger charge is -2.28. The molecule has 1 N–H and O–H groups in total. The van der Waals surface area contributed by atoms with Gasteiger partial charge in [-0.05, 0) is 19.1 Å². The first kappa shape index (κ1) is 19.9. The maximum absolute atomic E-state index is 12.7. The Kier molecular flexibility index (Phi) is 4.95. The Labute approximate surface area is 175 Å². The lowest BCUT2D eigenvalue weighted by molar-refractivity contribution is -0.385. The van der Waals surface area contributed by atoms with Gasteiger partial charge in [0, 0.05) is 35.3 Å². The molecule has 1 aromatic carbocycles. The second-order valence-electron chi connectivity index (χ2n) is 6.57. The average Bonchev–Trinajstić information content (AvgIpc) is 3.15. The zero-order valence-electron chi connectivity index (χ0n) is 15.6. The molecule has 0 saturated heterocycles. The summed E-state index contributed by atoms with van der Waals surface area (Å²) in [6, 6.07) is 4.79. The molecule has 4 rings (SSSR count). The van der Waals surface area contributed by atoms with Crippen molar-refractivity contribution in [1.29, 1.82) is 0 Å². The molecule has 0 aliphatic carbocycles. The maximum Gasteiger partial charge on any atom is 0.272 e. The van der Waals surface area contributed by atoms with E-state index in [9.17, 15) is 23.3 Å². The standard InChI is InChI=1S/C18H15N5O5S2/c1-11-4-5-12(9-15(11)23(25)26)14-10-29-18(19-14)20-17(24)13-3-2-6-22-7-8-30(27,28)21-16(13)22/h2-6,9-10H,7-8H2,1H3,(H,19,20,24). The molecule has 0 saturated carbocycles. The van der Waals surface area contributed by atoms with Crippen LogP contribution in [0.3, 0.4) is 0 Å². The van der Waals surface area contributed by atoms with E-state index in [0.717, 1.165) is 11.3 Å². The van der Waals surface area contributed by atoms with Crippen LogP contribution < -0.4 is 5.32 Å². The first-order chi connectivity index (χ1) is 14.2. The molecular formula is C18H15N5O5S2. The lowest BCUT2D eigenvalue weighted by atomic mass is 10.1. The molecule has 154 valence electrons. The number of allylic oxidation sites excluding steroid dienone is 2. The highest BCUT2D eigenvalue weighted by atomic mass is 32.2. The first-order valence-corrected chi connectivity index (χ1v) is 11.2. The van der Waals surface area contributed by atoms with E-state index in [0.29, 0.717) is 16.8 Å². The van der Waals surface area contributed by atoms with Crippen molar-refractivity contribution in [1.82, 2.24) is 9.88 Å². The highest BCUT2D eigenvalue weighted by Gasteiger charge is 2.30.